The van der Waals surface area contributed by atoms with E-state index in [1.54, 1.807) is 6.92 Å². The molecule has 0 aliphatic carbocycles. The van der Waals surface area contributed by atoms with Gasteiger partial charge < -0.3 is 14.4 Å². The van der Waals surface area contributed by atoms with Crippen LogP contribution in [0.15, 0.2) is 10.8 Å². The molecule has 1 amide bonds. The first-order valence-corrected chi connectivity index (χ1v) is 5.53. The number of carbonyl (C=O) groups excluding carboxylic acids is 1. The van der Waals surface area contributed by atoms with Crippen LogP contribution < -0.4 is 0 Å². The molecule has 0 aliphatic rings. The second-order valence-electron chi connectivity index (χ2n) is 3.51. The number of aromatic nitrogens is 1. The highest BCUT2D eigenvalue weighted by atomic mass is 16.4. The Hall–Kier alpha value is -1.85. The molecule has 0 spiro atoms. The Morgan fingerprint density at radius 2 is 2.18 bits per heavy atom. The van der Waals surface area contributed by atoms with Gasteiger partial charge in [-0.3, -0.25) is 9.59 Å². The molecular formula is C11H16N2O4. The number of nitrogens with zero attached hydrogens (tertiary/aromatic N) is 2. The van der Waals surface area contributed by atoms with E-state index in [-0.39, 0.29) is 24.6 Å². The Labute approximate surface area is 99.2 Å². The minimum absolute atomic E-state index is 0.0705. The van der Waals surface area contributed by atoms with Gasteiger partial charge in [-0.2, -0.15) is 0 Å². The minimum Gasteiger partial charge on any atom is -0.481 e. The SMILES string of the molecule is CCc1ocnc1C(=O)N(CC)CCC(=O)O. The predicted molar refractivity (Wildman–Crippen MR) is 59.7 cm³/mol. The molecular weight excluding hydrogens is 224 g/mol. The van der Waals surface area contributed by atoms with Crippen LogP contribution in [0.4, 0.5) is 0 Å². The van der Waals surface area contributed by atoms with Crippen molar-refractivity contribution in [3.63, 3.8) is 0 Å². The third kappa shape index (κ3) is 3.30. The van der Waals surface area contributed by atoms with Crippen LogP contribution in [0.25, 0.3) is 0 Å². The largest absolute Gasteiger partial charge is 0.481 e. The zero-order valence-electron chi connectivity index (χ0n) is 9.97. The summed E-state index contributed by atoms with van der Waals surface area (Å²) >= 11 is 0. The molecule has 17 heavy (non-hydrogen) atoms. The van der Waals surface area contributed by atoms with E-state index in [1.165, 1.54) is 11.3 Å². The van der Waals surface area contributed by atoms with Gasteiger partial charge >= 0.3 is 5.97 Å². The lowest BCUT2D eigenvalue weighted by molar-refractivity contribution is -0.137. The topological polar surface area (TPSA) is 83.6 Å². The maximum Gasteiger partial charge on any atom is 0.305 e. The van der Waals surface area contributed by atoms with Gasteiger partial charge in [-0.1, -0.05) is 6.92 Å². The molecule has 0 saturated carbocycles. The highest BCUT2D eigenvalue weighted by molar-refractivity contribution is 5.93. The number of hydrogen-bond acceptors (Lipinski definition) is 4. The van der Waals surface area contributed by atoms with E-state index in [9.17, 15) is 9.59 Å². The van der Waals surface area contributed by atoms with Crippen LogP contribution in [-0.2, 0) is 11.2 Å². The van der Waals surface area contributed by atoms with Crippen molar-refractivity contribution in [2.75, 3.05) is 13.1 Å². The molecule has 0 fully saturated rings. The van der Waals surface area contributed by atoms with Gasteiger partial charge in [0.15, 0.2) is 12.1 Å². The summed E-state index contributed by atoms with van der Waals surface area (Å²) < 4.78 is 5.08. The summed E-state index contributed by atoms with van der Waals surface area (Å²) in [6.07, 6.45) is 1.74. The quantitative estimate of drug-likeness (QED) is 0.807. The summed E-state index contributed by atoms with van der Waals surface area (Å²) in [5.41, 5.74) is 0.278. The Kier molecular flexibility index (Phi) is 4.68. The average molecular weight is 240 g/mol. The molecule has 0 aromatic carbocycles. The van der Waals surface area contributed by atoms with E-state index in [1.807, 2.05) is 6.92 Å². The van der Waals surface area contributed by atoms with E-state index in [0.29, 0.717) is 18.7 Å². The van der Waals surface area contributed by atoms with E-state index < -0.39 is 5.97 Å². The van der Waals surface area contributed by atoms with Crippen LogP contribution >= 0.6 is 0 Å². The molecule has 0 aliphatic heterocycles. The monoisotopic (exact) mass is 240 g/mol. The maximum atomic E-state index is 12.0. The molecule has 6 nitrogen and oxygen atoms in total. The van der Waals surface area contributed by atoms with Crippen molar-refractivity contribution in [1.29, 1.82) is 0 Å². The van der Waals surface area contributed by atoms with E-state index in [2.05, 4.69) is 4.98 Å². The molecule has 6 heteroatoms. The molecule has 1 aromatic heterocycles. The first-order chi connectivity index (χ1) is 8.10. The molecule has 1 aromatic rings. The summed E-state index contributed by atoms with van der Waals surface area (Å²) in [5, 5.41) is 8.60. The predicted octanol–water partition coefficient (Wildman–Crippen LogP) is 1.17. The van der Waals surface area contributed by atoms with Crippen LogP contribution in [0.1, 0.15) is 36.5 Å². The highest BCUT2D eigenvalue weighted by Gasteiger charge is 2.21. The third-order valence-corrected chi connectivity index (χ3v) is 2.43. The lowest BCUT2D eigenvalue weighted by Crippen LogP contribution is -2.33. The van der Waals surface area contributed by atoms with Gasteiger partial charge in [-0.05, 0) is 6.92 Å². The second-order valence-corrected chi connectivity index (χ2v) is 3.51. The number of carboxylic acid groups (broad SMARTS) is 1. The van der Waals surface area contributed by atoms with Crippen LogP contribution in [-0.4, -0.2) is 40.0 Å². The summed E-state index contributed by atoms with van der Waals surface area (Å²) in [6.45, 7) is 4.29. The zero-order chi connectivity index (χ0) is 12.8. The van der Waals surface area contributed by atoms with Gasteiger partial charge in [0.2, 0.25) is 0 Å². The first-order valence-electron chi connectivity index (χ1n) is 5.53. The van der Waals surface area contributed by atoms with Crippen molar-refractivity contribution in [3.8, 4) is 0 Å². The number of oxazole rings is 1. The molecule has 1 rings (SSSR count). The maximum absolute atomic E-state index is 12.0. The minimum atomic E-state index is -0.924. The number of carbonyl (C=O) groups is 2. The van der Waals surface area contributed by atoms with Crippen LogP contribution in [0, 0.1) is 0 Å². The van der Waals surface area contributed by atoms with E-state index >= 15 is 0 Å². The molecule has 1 N–H and O–H groups in total. The standard InChI is InChI=1S/C11H16N2O4/c1-3-8-10(12-7-17-8)11(16)13(4-2)6-5-9(14)15/h7H,3-6H2,1-2H3,(H,14,15). The molecule has 0 bridgehead atoms. The summed E-state index contributed by atoms with van der Waals surface area (Å²) in [5.74, 6) is -0.671. The summed E-state index contributed by atoms with van der Waals surface area (Å²) in [4.78, 5) is 27.8. The van der Waals surface area contributed by atoms with Gasteiger partial charge in [0.05, 0.1) is 6.42 Å². The Bertz CT molecular complexity index is 400. The number of carboxylic acids is 1. The zero-order valence-corrected chi connectivity index (χ0v) is 9.97. The molecule has 0 radical (unpaired) electrons. The molecule has 0 unspecified atom stereocenters. The molecule has 1 heterocycles. The smallest absolute Gasteiger partial charge is 0.305 e. The Morgan fingerprint density at radius 3 is 2.71 bits per heavy atom. The van der Waals surface area contributed by atoms with Gasteiger partial charge in [0, 0.05) is 19.5 Å². The third-order valence-electron chi connectivity index (χ3n) is 2.43. The molecule has 94 valence electrons. The van der Waals surface area contributed by atoms with Crippen LogP contribution in [0.3, 0.4) is 0 Å². The fourth-order valence-corrected chi connectivity index (χ4v) is 1.48. The van der Waals surface area contributed by atoms with Crippen molar-refractivity contribution in [1.82, 2.24) is 9.88 Å². The van der Waals surface area contributed by atoms with Crippen molar-refractivity contribution in [2.45, 2.75) is 26.7 Å². The van der Waals surface area contributed by atoms with Crippen LogP contribution in [0.2, 0.25) is 0 Å². The Morgan fingerprint density at radius 1 is 1.47 bits per heavy atom. The van der Waals surface area contributed by atoms with E-state index in [4.69, 9.17) is 9.52 Å². The number of hydrogen-bond donors (Lipinski definition) is 1. The fraction of sp³-hybridized carbons (Fsp3) is 0.545. The fourth-order valence-electron chi connectivity index (χ4n) is 1.48. The van der Waals surface area contributed by atoms with Crippen LogP contribution in [0.5, 0.6) is 0 Å². The normalized spacial score (nSPS) is 10.2. The number of aryl methyl sites for hydroxylation is 1. The first kappa shape index (κ1) is 13.2. The van der Waals surface area contributed by atoms with Gasteiger partial charge in [-0.25, -0.2) is 4.98 Å². The van der Waals surface area contributed by atoms with Gasteiger partial charge in [0.1, 0.15) is 5.76 Å². The summed E-state index contributed by atoms with van der Waals surface area (Å²) in [7, 11) is 0. The number of rotatable bonds is 6. The average Bonchev–Trinajstić information content (AvgIpc) is 2.77. The summed E-state index contributed by atoms with van der Waals surface area (Å²) in [6, 6.07) is 0. The number of amides is 1. The van der Waals surface area contributed by atoms with Gasteiger partial charge in [-0.15, -0.1) is 0 Å². The van der Waals surface area contributed by atoms with Gasteiger partial charge in [0.25, 0.3) is 5.91 Å². The lowest BCUT2D eigenvalue weighted by atomic mass is 10.2. The molecule has 0 atom stereocenters. The lowest BCUT2D eigenvalue weighted by Gasteiger charge is -2.18. The van der Waals surface area contributed by atoms with Crippen molar-refractivity contribution < 1.29 is 19.1 Å². The van der Waals surface area contributed by atoms with Crippen molar-refractivity contribution in [2.24, 2.45) is 0 Å². The number of aliphatic carboxylic acids is 1. The second kappa shape index (κ2) is 6.03. The van der Waals surface area contributed by atoms with Crippen molar-refractivity contribution in [3.05, 3.63) is 17.8 Å². The molecule has 0 saturated heterocycles. The highest BCUT2D eigenvalue weighted by Crippen LogP contribution is 2.11. The van der Waals surface area contributed by atoms with Crippen molar-refractivity contribution >= 4 is 11.9 Å². The van der Waals surface area contributed by atoms with E-state index in [0.717, 1.165) is 0 Å². The Balaban J connectivity index is 2.75.